The highest BCUT2D eigenvalue weighted by Gasteiger charge is 2.12. The summed E-state index contributed by atoms with van der Waals surface area (Å²) in [6.07, 6.45) is 2.29. The highest BCUT2D eigenvalue weighted by molar-refractivity contribution is 7.71. The molecule has 0 spiro atoms. The van der Waals surface area contributed by atoms with E-state index in [2.05, 4.69) is 27.1 Å². The Kier molecular flexibility index (Phi) is 5.43. The molecule has 0 aliphatic rings. The van der Waals surface area contributed by atoms with Gasteiger partial charge in [-0.1, -0.05) is 23.3 Å². The molecule has 0 atom stereocenters. The lowest BCUT2D eigenvalue weighted by molar-refractivity contribution is 0.102. The molecule has 8 heteroatoms. The lowest BCUT2D eigenvalue weighted by atomic mass is 10.1. The largest absolute Gasteiger partial charge is 0.300 e. The fourth-order valence-electron chi connectivity index (χ4n) is 2.69. The Bertz CT molecular complexity index is 995. The fourth-order valence-corrected chi connectivity index (χ4v) is 3.62. The number of nitrogens with zero attached hydrogens (tertiary/aromatic N) is 3. The van der Waals surface area contributed by atoms with E-state index in [4.69, 9.17) is 12.2 Å². The van der Waals surface area contributed by atoms with Gasteiger partial charge in [-0.3, -0.25) is 19.8 Å². The van der Waals surface area contributed by atoms with E-state index >= 15 is 0 Å². The minimum atomic E-state index is -0.160. The first kappa shape index (κ1) is 18.2. The van der Waals surface area contributed by atoms with Crippen LogP contribution in [0.25, 0.3) is 0 Å². The first-order chi connectivity index (χ1) is 12.5. The summed E-state index contributed by atoms with van der Waals surface area (Å²) in [5.41, 5.74) is 3.57. The molecule has 3 aromatic rings. The van der Waals surface area contributed by atoms with Gasteiger partial charge in [0.25, 0.3) is 5.91 Å². The number of anilines is 1. The molecule has 26 heavy (non-hydrogen) atoms. The highest BCUT2D eigenvalue weighted by atomic mass is 32.1. The molecule has 6 nitrogen and oxygen atoms in total. The number of benzene rings is 1. The molecule has 0 aliphatic carbocycles. The maximum absolute atomic E-state index is 12.4. The molecule has 0 fully saturated rings. The van der Waals surface area contributed by atoms with Crippen molar-refractivity contribution < 1.29 is 4.79 Å². The van der Waals surface area contributed by atoms with Crippen LogP contribution in [0.2, 0.25) is 0 Å². The third kappa shape index (κ3) is 4.14. The SMILES string of the molecule is C=CCn1c(Cc2csc(NC(=O)c3cc(C)cc(C)c3)n2)n[nH]c1=S. The van der Waals surface area contributed by atoms with Crippen LogP contribution in [0.4, 0.5) is 5.13 Å². The number of carbonyl (C=O) groups excluding carboxylic acids is 1. The number of allylic oxidation sites excluding steroid dienone is 1. The monoisotopic (exact) mass is 385 g/mol. The number of aryl methyl sites for hydroxylation is 2. The molecule has 2 aromatic heterocycles. The molecule has 134 valence electrons. The van der Waals surface area contributed by atoms with E-state index in [9.17, 15) is 4.79 Å². The van der Waals surface area contributed by atoms with Crippen molar-refractivity contribution in [1.82, 2.24) is 19.7 Å². The van der Waals surface area contributed by atoms with Crippen LogP contribution in [-0.2, 0) is 13.0 Å². The second-order valence-electron chi connectivity index (χ2n) is 6.00. The van der Waals surface area contributed by atoms with Crippen molar-refractivity contribution in [3.8, 4) is 0 Å². The second-order valence-corrected chi connectivity index (χ2v) is 7.24. The van der Waals surface area contributed by atoms with E-state index in [0.29, 0.717) is 28.4 Å². The topological polar surface area (TPSA) is 75.6 Å². The van der Waals surface area contributed by atoms with E-state index in [0.717, 1.165) is 22.6 Å². The Morgan fingerprint density at radius 2 is 2.12 bits per heavy atom. The lowest BCUT2D eigenvalue weighted by Crippen LogP contribution is -2.12. The molecule has 0 saturated carbocycles. The number of hydrogen-bond acceptors (Lipinski definition) is 5. The van der Waals surface area contributed by atoms with Crippen molar-refractivity contribution in [2.75, 3.05) is 5.32 Å². The lowest BCUT2D eigenvalue weighted by Gasteiger charge is -2.05. The number of aromatic amines is 1. The van der Waals surface area contributed by atoms with Gasteiger partial charge in [-0.25, -0.2) is 4.98 Å². The molecule has 0 saturated heterocycles. The minimum Gasteiger partial charge on any atom is -0.300 e. The molecule has 0 bridgehead atoms. The fraction of sp³-hybridized carbons (Fsp3) is 0.222. The van der Waals surface area contributed by atoms with Gasteiger partial charge in [-0.05, 0) is 38.2 Å². The number of rotatable bonds is 6. The average Bonchev–Trinajstić information content (AvgIpc) is 3.16. The summed E-state index contributed by atoms with van der Waals surface area (Å²) < 4.78 is 2.42. The van der Waals surface area contributed by atoms with Gasteiger partial charge in [-0.2, -0.15) is 5.10 Å². The number of H-pyrrole nitrogens is 1. The summed E-state index contributed by atoms with van der Waals surface area (Å²) in [7, 11) is 0. The first-order valence-corrected chi connectivity index (χ1v) is 9.34. The van der Waals surface area contributed by atoms with Crippen molar-refractivity contribution in [2.24, 2.45) is 0 Å². The maximum atomic E-state index is 12.4. The smallest absolute Gasteiger partial charge is 0.257 e. The first-order valence-electron chi connectivity index (χ1n) is 8.05. The molecule has 1 aromatic carbocycles. The normalized spacial score (nSPS) is 10.7. The predicted octanol–water partition coefficient (Wildman–Crippen LogP) is 4.04. The number of aromatic nitrogens is 4. The van der Waals surface area contributed by atoms with E-state index in [1.165, 1.54) is 11.3 Å². The van der Waals surface area contributed by atoms with Crippen LogP contribution in [-0.4, -0.2) is 25.7 Å². The third-order valence-electron chi connectivity index (χ3n) is 3.74. The molecule has 0 aliphatic heterocycles. The average molecular weight is 386 g/mol. The van der Waals surface area contributed by atoms with Crippen molar-refractivity contribution in [3.63, 3.8) is 0 Å². The van der Waals surface area contributed by atoms with Crippen LogP contribution < -0.4 is 5.32 Å². The van der Waals surface area contributed by atoms with Crippen molar-refractivity contribution in [3.05, 3.63) is 69.2 Å². The quantitative estimate of drug-likeness (QED) is 0.496. The Morgan fingerprint density at radius 3 is 2.81 bits per heavy atom. The Hall–Kier alpha value is -2.58. The number of thiazole rings is 1. The maximum Gasteiger partial charge on any atom is 0.257 e. The summed E-state index contributed by atoms with van der Waals surface area (Å²) in [5, 5.41) is 12.4. The molecule has 0 unspecified atom stereocenters. The Morgan fingerprint density at radius 1 is 1.38 bits per heavy atom. The summed E-state index contributed by atoms with van der Waals surface area (Å²) in [5.74, 6) is 0.624. The van der Waals surface area contributed by atoms with Gasteiger partial charge < -0.3 is 0 Å². The van der Waals surface area contributed by atoms with Gasteiger partial charge in [0.2, 0.25) is 0 Å². The number of nitrogens with one attached hydrogen (secondary N) is 2. The summed E-state index contributed by atoms with van der Waals surface area (Å²) in [4.78, 5) is 16.9. The molecular formula is C18H19N5OS2. The van der Waals surface area contributed by atoms with Crippen LogP contribution >= 0.6 is 23.6 Å². The van der Waals surface area contributed by atoms with Crippen LogP contribution in [0, 0.1) is 18.6 Å². The predicted molar refractivity (Wildman–Crippen MR) is 106 cm³/mol. The van der Waals surface area contributed by atoms with E-state index in [-0.39, 0.29) is 5.91 Å². The molecular weight excluding hydrogens is 366 g/mol. The minimum absolute atomic E-state index is 0.160. The van der Waals surface area contributed by atoms with Crippen LogP contribution in [0.5, 0.6) is 0 Å². The number of amides is 1. The molecule has 0 radical (unpaired) electrons. The summed E-state index contributed by atoms with van der Waals surface area (Å²) in [6, 6.07) is 5.77. The van der Waals surface area contributed by atoms with Crippen LogP contribution in [0.1, 0.15) is 33.0 Å². The van der Waals surface area contributed by atoms with Gasteiger partial charge in [-0.15, -0.1) is 17.9 Å². The van der Waals surface area contributed by atoms with Gasteiger partial charge in [0.15, 0.2) is 9.90 Å². The van der Waals surface area contributed by atoms with Gasteiger partial charge in [0.1, 0.15) is 5.82 Å². The van der Waals surface area contributed by atoms with Gasteiger partial charge >= 0.3 is 0 Å². The number of hydrogen-bond donors (Lipinski definition) is 2. The molecule has 2 N–H and O–H groups in total. The summed E-state index contributed by atoms with van der Waals surface area (Å²) in [6.45, 7) is 8.27. The molecule has 3 rings (SSSR count). The van der Waals surface area contributed by atoms with E-state index in [1.807, 2.05) is 42.0 Å². The van der Waals surface area contributed by atoms with Gasteiger partial charge in [0.05, 0.1) is 12.1 Å². The van der Waals surface area contributed by atoms with Crippen LogP contribution in [0.15, 0.2) is 36.2 Å². The van der Waals surface area contributed by atoms with Crippen LogP contribution in [0.3, 0.4) is 0 Å². The second kappa shape index (κ2) is 7.76. The van der Waals surface area contributed by atoms with Crippen molar-refractivity contribution in [1.29, 1.82) is 0 Å². The summed E-state index contributed by atoms with van der Waals surface area (Å²) >= 11 is 6.60. The van der Waals surface area contributed by atoms with E-state index < -0.39 is 0 Å². The zero-order chi connectivity index (χ0) is 18.7. The van der Waals surface area contributed by atoms with Crippen molar-refractivity contribution >= 4 is 34.6 Å². The Balaban J connectivity index is 1.73. The zero-order valence-corrected chi connectivity index (χ0v) is 16.2. The standard InChI is InChI=1S/C18H19N5OS2/c1-4-5-23-15(21-22-18(23)25)9-14-10-26-17(19-14)20-16(24)13-7-11(2)6-12(3)8-13/h4,6-8,10H,1,5,9H2,2-3H3,(H,22,25)(H,19,20,24). The third-order valence-corrected chi connectivity index (χ3v) is 4.86. The zero-order valence-electron chi connectivity index (χ0n) is 14.6. The molecule has 2 heterocycles. The van der Waals surface area contributed by atoms with Gasteiger partial charge in [0, 0.05) is 17.5 Å². The van der Waals surface area contributed by atoms with E-state index in [1.54, 1.807) is 6.08 Å². The van der Waals surface area contributed by atoms with Crippen molar-refractivity contribution in [2.45, 2.75) is 26.8 Å². The number of carbonyl (C=O) groups is 1. The highest BCUT2D eigenvalue weighted by Crippen LogP contribution is 2.19. The Labute approximate surface area is 160 Å². The molecule has 1 amide bonds.